The number of carbonyl (C=O) groups is 2. The van der Waals surface area contributed by atoms with Crippen LogP contribution in [0.2, 0.25) is 0 Å². The number of esters is 2. The number of hydrogen-bond donors (Lipinski definition) is 1. The molecule has 2 heterocycles. The van der Waals surface area contributed by atoms with Crippen molar-refractivity contribution < 1.29 is 28.5 Å². The molecule has 64 heavy (non-hydrogen) atoms. The second-order valence-corrected chi connectivity index (χ2v) is 15.5. The number of carbonyl (C=O) groups excluding carboxylic acids is 2. The first kappa shape index (κ1) is 44.8. The lowest BCUT2D eigenvalue weighted by molar-refractivity contribution is -0.138. The highest BCUT2D eigenvalue weighted by Crippen LogP contribution is 2.37. The monoisotopic (exact) mass is 856 g/mol. The molecule has 0 atom stereocenters. The smallest absolute Gasteiger partial charge is 0.330 e. The molecule has 0 amide bonds. The Morgan fingerprint density at radius 1 is 0.594 bits per heavy atom. The fraction of sp³-hybridized carbons (Fsp3) is 0.259. The standard InChI is InChI=1S/C54H56N4O6/c1-4-53(59)63-33-15-9-7-13-31-61-44-25-19-39(20-26-44)41-23-29-46(40-21-27-45(28-22-40)62-32-14-8-10-16-34-64-54(60)5-2)50(36-41)56-43-37-49(57-55-38-43)42-24-30-52-48(35-42)47-17-11-12-18-51(47)58(52)6-3/h4-5,11-12,17-30,35-38H,1-2,6-10,13-16,31-34H2,3H3,(H,56,57). The van der Waals surface area contributed by atoms with Crippen LogP contribution in [0.5, 0.6) is 11.5 Å². The van der Waals surface area contributed by atoms with Gasteiger partial charge in [-0.2, -0.15) is 10.2 Å². The van der Waals surface area contributed by atoms with Crippen LogP contribution in [-0.4, -0.2) is 53.1 Å². The first-order valence-corrected chi connectivity index (χ1v) is 22.2. The molecule has 0 spiro atoms. The number of benzene rings is 5. The van der Waals surface area contributed by atoms with Gasteiger partial charge in [0.15, 0.2) is 0 Å². The molecule has 0 saturated heterocycles. The lowest BCUT2D eigenvalue weighted by Gasteiger charge is -2.16. The Morgan fingerprint density at radius 3 is 1.78 bits per heavy atom. The van der Waals surface area contributed by atoms with Gasteiger partial charge in [0, 0.05) is 57.3 Å². The highest BCUT2D eigenvalue weighted by atomic mass is 16.5. The highest BCUT2D eigenvalue weighted by molar-refractivity contribution is 6.09. The van der Waals surface area contributed by atoms with Gasteiger partial charge in [-0.1, -0.05) is 73.8 Å². The van der Waals surface area contributed by atoms with Crippen LogP contribution in [0.25, 0.3) is 55.3 Å². The summed E-state index contributed by atoms with van der Waals surface area (Å²) in [7, 11) is 0. The van der Waals surface area contributed by atoms with Crippen molar-refractivity contribution in [3.63, 3.8) is 0 Å². The Labute approximate surface area is 375 Å². The summed E-state index contributed by atoms with van der Waals surface area (Å²) in [4.78, 5) is 22.4. The van der Waals surface area contributed by atoms with Gasteiger partial charge in [0.25, 0.3) is 0 Å². The normalized spacial score (nSPS) is 11.0. The van der Waals surface area contributed by atoms with E-state index in [2.05, 4.69) is 131 Å². The van der Waals surface area contributed by atoms with Gasteiger partial charge in [-0.15, -0.1) is 0 Å². The number of nitrogens with one attached hydrogen (secondary N) is 1. The lowest BCUT2D eigenvalue weighted by atomic mass is 9.97. The summed E-state index contributed by atoms with van der Waals surface area (Å²) in [6.45, 7) is 12.0. The van der Waals surface area contributed by atoms with E-state index >= 15 is 0 Å². The number of fused-ring (bicyclic) bond motifs is 3. The van der Waals surface area contributed by atoms with Crippen LogP contribution in [0.3, 0.4) is 0 Å². The van der Waals surface area contributed by atoms with Crippen molar-refractivity contribution in [1.29, 1.82) is 0 Å². The number of rotatable bonds is 24. The molecule has 0 unspecified atom stereocenters. The number of para-hydroxylation sites is 1. The topological polar surface area (TPSA) is 114 Å². The van der Waals surface area contributed by atoms with Crippen LogP contribution in [-0.2, 0) is 25.6 Å². The molecular weight excluding hydrogens is 801 g/mol. The molecule has 0 saturated carbocycles. The maximum absolute atomic E-state index is 11.2. The van der Waals surface area contributed by atoms with Crippen LogP contribution in [0.4, 0.5) is 11.4 Å². The van der Waals surface area contributed by atoms with Crippen LogP contribution in [0, 0.1) is 0 Å². The number of aryl methyl sites for hydroxylation is 1. The van der Waals surface area contributed by atoms with E-state index in [9.17, 15) is 9.59 Å². The second kappa shape index (κ2) is 22.8. The minimum absolute atomic E-state index is 0.378. The number of unbranched alkanes of at least 4 members (excludes halogenated alkanes) is 6. The zero-order chi connectivity index (χ0) is 44.5. The summed E-state index contributed by atoms with van der Waals surface area (Å²) < 4.78 is 24.6. The summed E-state index contributed by atoms with van der Waals surface area (Å²) >= 11 is 0. The molecule has 10 heteroatoms. The number of aromatic nitrogens is 3. The Morgan fingerprint density at radius 2 is 1.16 bits per heavy atom. The second-order valence-electron chi connectivity index (χ2n) is 15.5. The minimum atomic E-state index is -0.380. The Hall–Kier alpha value is -7.20. The average Bonchev–Trinajstić information content (AvgIpc) is 3.66. The number of anilines is 2. The van der Waals surface area contributed by atoms with Crippen LogP contribution < -0.4 is 14.8 Å². The summed E-state index contributed by atoms with van der Waals surface area (Å²) in [6.07, 6.45) is 11.5. The van der Waals surface area contributed by atoms with Gasteiger partial charge in [0.1, 0.15) is 11.5 Å². The number of hydrogen-bond acceptors (Lipinski definition) is 9. The third-order valence-corrected chi connectivity index (χ3v) is 11.1. The fourth-order valence-corrected chi connectivity index (χ4v) is 7.80. The fourth-order valence-electron chi connectivity index (χ4n) is 7.80. The maximum atomic E-state index is 11.2. The predicted molar refractivity (Wildman–Crippen MR) is 257 cm³/mol. The van der Waals surface area contributed by atoms with E-state index in [4.69, 9.17) is 18.9 Å². The van der Waals surface area contributed by atoms with Crippen molar-refractivity contribution in [3.05, 3.63) is 147 Å². The lowest BCUT2D eigenvalue weighted by Crippen LogP contribution is -2.02. The molecular formula is C54H56N4O6. The predicted octanol–water partition coefficient (Wildman–Crippen LogP) is 12.7. The molecule has 1 N–H and O–H groups in total. The number of nitrogens with zero attached hydrogens (tertiary/aromatic N) is 3. The molecule has 328 valence electrons. The quantitative estimate of drug-likeness (QED) is 0.0360. The van der Waals surface area contributed by atoms with Crippen molar-refractivity contribution in [2.24, 2.45) is 0 Å². The molecule has 0 fully saturated rings. The first-order valence-electron chi connectivity index (χ1n) is 22.2. The van der Waals surface area contributed by atoms with Crippen molar-refractivity contribution in [2.75, 3.05) is 31.7 Å². The molecule has 0 aliphatic heterocycles. The van der Waals surface area contributed by atoms with Crippen LogP contribution >= 0.6 is 0 Å². The zero-order valence-corrected chi connectivity index (χ0v) is 36.6. The van der Waals surface area contributed by atoms with Gasteiger partial charge >= 0.3 is 11.9 Å². The van der Waals surface area contributed by atoms with E-state index in [0.29, 0.717) is 26.4 Å². The van der Waals surface area contributed by atoms with E-state index < -0.39 is 0 Å². The molecule has 10 nitrogen and oxygen atoms in total. The Bertz CT molecular complexity index is 2670. The highest BCUT2D eigenvalue weighted by Gasteiger charge is 2.14. The molecule has 0 aliphatic rings. The molecule has 7 rings (SSSR count). The number of ether oxygens (including phenoxy) is 4. The van der Waals surface area contributed by atoms with Crippen molar-refractivity contribution >= 4 is 45.1 Å². The first-order chi connectivity index (χ1) is 31.4. The Balaban J connectivity index is 1.06. The van der Waals surface area contributed by atoms with Gasteiger partial charge in [-0.25, -0.2) is 9.59 Å². The zero-order valence-electron chi connectivity index (χ0n) is 36.6. The third kappa shape index (κ3) is 11.8. The largest absolute Gasteiger partial charge is 0.494 e. The summed E-state index contributed by atoms with van der Waals surface area (Å²) in [5, 5.41) is 15.2. The molecule has 7 aromatic rings. The molecule has 2 aromatic heterocycles. The molecule has 5 aromatic carbocycles. The molecule has 0 bridgehead atoms. The van der Waals surface area contributed by atoms with Gasteiger partial charge < -0.3 is 28.8 Å². The maximum Gasteiger partial charge on any atom is 0.330 e. The molecule has 0 radical (unpaired) electrons. The van der Waals surface area contributed by atoms with E-state index in [1.54, 1.807) is 6.20 Å². The van der Waals surface area contributed by atoms with Gasteiger partial charge in [0.2, 0.25) is 0 Å². The van der Waals surface area contributed by atoms with Crippen LogP contribution in [0.15, 0.2) is 147 Å². The van der Waals surface area contributed by atoms with Crippen molar-refractivity contribution in [2.45, 2.75) is 64.8 Å². The minimum Gasteiger partial charge on any atom is -0.494 e. The third-order valence-electron chi connectivity index (χ3n) is 11.1. The van der Waals surface area contributed by atoms with Crippen molar-refractivity contribution in [1.82, 2.24) is 14.8 Å². The SMILES string of the molecule is C=CC(=O)OCCCCCCOc1ccc(-c2ccc(-c3ccc(OCCCCCCOC(=O)C=C)cc3)c(Nc3cnnc(-c4ccc5c(c4)c4ccccc4n5CC)c3)c2)cc1. The summed E-state index contributed by atoms with van der Waals surface area (Å²) in [6, 6.07) is 40.0. The van der Waals surface area contributed by atoms with E-state index in [-0.39, 0.29) is 11.9 Å². The van der Waals surface area contributed by atoms with Gasteiger partial charge in [0.05, 0.1) is 44.0 Å². The van der Waals surface area contributed by atoms with Crippen LogP contribution in [0.1, 0.15) is 58.3 Å². The molecule has 0 aliphatic carbocycles. The van der Waals surface area contributed by atoms with E-state index in [1.165, 1.54) is 34.0 Å². The summed E-state index contributed by atoms with van der Waals surface area (Å²) in [5.41, 5.74) is 10.1. The van der Waals surface area contributed by atoms with E-state index in [0.717, 1.165) is 114 Å². The van der Waals surface area contributed by atoms with E-state index in [1.807, 2.05) is 24.3 Å². The average molecular weight is 857 g/mol. The van der Waals surface area contributed by atoms with Gasteiger partial charge in [-0.3, -0.25) is 0 Å². The Kier molecular flexibility index (Phi) is 15.9. The van der Waals surface area contributed by atoms with Crippen molar-refractivity contribution in [3.8, 4) is 45.0 Å². The van der Waals surface area contributed by atoms with Gasteiger partial charge in [-0.05, 0) is 130 Å². The summed E-state index contributed by atoms with van der Waals surface area (Å²) in [5.74, 6) is 0.873.